The molecule has 0 aliphatic rings. The third kappa shape index (κ3) is 6.07. The Kier molecular flexibility index (Phi) is 6.83. The van der Waals surface area contributed by atoms with E-state index in [1.807, 2.05) is 6.92 Å². The molecule has 1 amide bonds. The maximum absolute atomic E-state index is 11.5. The third-order valence-corrected chi connectivity index (χ3v) is 3.59. The van der Waals surface area contributed by atoms with E-state index in [4.69, 9.17) is 5.11 Å². The topological polar surface area (TPSA) is 49.3 Å². The molecule has 0 aliphatic carbocycles. The predicted molar refractivity (Wildman–Crippen MR) is 76.6 cm³/mol. The number of hydrogen-bond donors (Lipinski definition) is 2. The number of carbonyl (C=O) groups excluding carboxylic acids is 1. The van der Waals surface area contributed by atoms with E-state index < -0.39 is 0 Å². The van der Waals surface area contributed by atoms with Crippen LogP contribution in [0.4, 0.5) is 0 Å². The van der Waals surface area contributed by atoms with Crippen LogP contribution in [0.5, 0.6) is 0 Å². The van der Waals surface area contributed by atoms with Crippen LogP contribution in [0.1, 0.15) is 18.1 Å². The molecule has 1 rings (SSSR count). The summed E-state index contributed by atoms with van der Waals surface area (Å²) in [6.45, 7) is 4.61. The van der Waals surface area contributed by atoms with E-state index in [1.54, 1.807) is 11.8 Å². The molecule has 0 saturated carbocycles. The number of hydrogen-bond acceptors (Lipinski definition) is 3. The molecule has 3 nitrogen and oxygen atoms in total. The lowest BCUT2D eigenvalue weighted by Crippen LogP contribution is -2.30. The molecule has 18 heavy (non-hydrogen) atoms. The highest BCUT2D eigenvalue weighted by atomic mass is 32.2. The van der Waals surface area contributed by atoms with Crippen molar-refractivity contribution in [2.45, 2.75) is 19.6 Å². The van der Waals surface area contributed by atoms with Crippen molar-refractivity contribution < 1.29 is 9.90 Å². The number of aliphatic hydroxyl groups is 1. The molecule has 1 aromatic carbocycles. The molecule has 0 heterocycles. The normalized spacial score (nSPS) is 12.2. The number of aliphatic hydroxyl groups excluding tert-OH is 1. The van der Waals surface area contributed by atoms with Gasteiger partial charge in [0.1, 0.15) is 0 Å². The number of benzene rings is 1. The Morgan fingerprint density at radius 2 is 2.06 bits per heavy atom. The second-order valence-electron chi connectivity index (χ2n) is 4.57. The van der Waals surface area contributed by atoms with Crippen molar-refractivity contribution >= 4 is 17.7 Å². The second kappa shape index (κ2) is 8.16. The maximum atomic E-state index is 11.5. The van der Waals surface area contributed by atoms with Crippen LogP contribution in [0.25, 0.3) is 0 Å². The van der Waals surface area contributed by atoms with Gasteiger partial charge < -0.3 is 10.4 Å². The molecule has 1 aromatic rings. The zero-order valence-corrected chi connectivity index (χ0v) is 11.8. The van der Waals surface area contributed by atoms with Crippen LogP contribution in [-0.2, 0) is 10.5 Å². The Bertz CT molecular complexity index is 365. The highest BCUT2D eigenvalue weighted by Crippen LogP contribution is 2.12. The molecule has 0 aliphatic heterocycles. The zero-order valence-electron chi connectivity index (χ0n) is 11.0. The van der Waals surface area contributed by atoms with Gasteiger partial charge in [-0.05, 0) is 18.4 Å². The Hall–Kier alpha value is -1.00. The van der Waals surface area contributed by atoms with Crippen molar-refractivity contribution in [3.63, 3.8) is 0 Å². The fraction of sp³-hybridized carbons (Fsp3) is 0.500. The summed E-state index contributed by atoms with van der Waals surface area (Å²) in [7, 11) is 0. The number of amides is 1. The first-order valence-corrected chi connectivity index (χ1v) is 7.28. The average Bonchev–Trinajstić information content (AvgIpc) is 2.38. The summed E-state index contributed by atoms with van der Waals surface area (Å²) < 4.78 is 0. The van der Waals surface area contributed by atoms with Crippen LogP contribution in [0.2, 0.25) is 0 Å². The van der Waals surface area contributed by atoms with Gasteiger partial charge in [-0.3, -0.25) is 4.79 Å². The van der Waals surface area contributed by atoms with Crippen LogP contribution < -0.4 is 5.32 Å². The van der Waals surface area contributed by atoms with Gasteiger partial charge in [0.25, 0.3) is 0 Å². The summed E-state index contributed by atoms with van der Waals surface area (Å²) in [6, 6.07) is 8.35. The van der Waals surface area contributed by atoms with Gasteiger partial charge in [0, 0.05) is 18.9 Å². The molecular formula is C14H21NO2S. The molecule has 1 atom stereocenters. The Morgan fingerprint density at radius 1 is 1.39 bits per heavy atom. The fourth-order valence-corrected chi connectivity index (χ4v) is 2.17. The highest BCUT2D eigenvalue weighted by molar-refractivity contribution is 7.99. The molecule has 0 spiro atoms. The number of rotatable bonds is 7. The van der Waals surface area contributed by atoms with Gasteiger partial charge in [-0.25, -0.2) is 0 Å². The van der Waals surface area contributed by atoms with Gasteiger partial charge in [0.05, 0.1) is 5.75 Å². The quantitative estimate of drug-likeness (QED) is 0.794. The minimum Gasteiger partial charge on any atom is -0.396 e. The molecule has 100 valence electrons. The van der Waals surface area contributed by atoms with Gasteiger partial charge in [-0.1, -0.05) is 36.8 Å². The molecule has 0 saturated heterocycles. The minimum absolute atomic E-state index is 0.0346. The predicted octanol–water partition coefficient (Wildman–Crippen LogP) is 1.97. The van der Waals surface area contributed by atoms with Gasteiger partial charge in [0.15, 0.2) is 0 Å². The first kappa shape index (κ1) is 15.1. The van der Waals surface area contributed by atoms with Crippen LogP contribution >= 0.6 is 11.8 Å². The zero-order chi connectivity index (χ0) is 13.4. The Balaban J connectivity index is 2.17. The van der Waals surface area contributed by atoms with Crippen molar-refractivity contribution in [3.05, 3.63) is 35.4 Å². The van der Waals surface area contributed by atoms with E-state index in [-0.39, 0.29) is 18.4 Å². The lowest BCUT2D eigenvalue weighted by Gasteiger charge is -2.09. The van der Waals surface area contributed by atoms with Gasteiger partial charge in [-0.15, -0.1) is 11.8 Å². The smallest absolute Gasteiger partial charge is 0.230 e. The first-order chi connectivity index (χ1) is 8.61. The number of carbonyl (C=O) groups is 1. The van der Waals surface area contributed by atoms with Gasteiger partial charge in [0.2, 0.25) is 5.91 Å². The first-order valence-electron chi connectivity index (χ1n) is 6.12. The summed E-state index contributed by atoms with van der Waals surface area (Å²) in [6.07, 6.45) is 0. The van der Waals surface area contributed by atoms with Crippen molar-refractivity contribution in [1.29, 1.82) is 0 Å². The highest BCUT2D eigenvalue weighted by Gasteiger charge is 2.04. The summed E-state index contributed by atoms with van der Waals surface area (Å²) in [5.74, 6) is 1.47. The van der Waals surface area contributed by atoms with E-state index in [0.717, 1.165) is 5.75 Å². The summed E-state index contributed by atoms with van der Waals surface area (Å²) in [5, 5.41) is 11.6. The fourth-order valence-electron chi connectivity index (χ4n) is 1.35. The lowest BCUT2D eigenvalue weighted by molar-refractivity contribution is -0.118. The van der Waals surface area contributed by atoms with Crippen LogP contribution in [0, 0.1) is 12.8 Å². The summed E-state index contributed by atoms with van der Waals surface area (Å²) >= 11 is 1.61. The number of thioether (sulfide) groups is 1. The molecule has 1 unspecified atom stereocenters. The van der Waals surface area contributed by atoms with Crippen LogP contribution in [-0.4, -0.2) is 29.9 Å². The van der Waals surface area contributed by atoms with Crippen molar-refractivity contribution in [3.8, 4) is 0 Å². The van der Waals surface area contributed by atoms with Crippen molar-refractivity contribution in [1.82, 2.24) is 5.32 Å². The molecule has 4 heteroatoms. The van der Waals surface area contributed by atoms with Crippen LogP contribution in [0.15, 0.2) is 24.3 Å². The monoisotopic (exact) mass is 267 g/mol. The molecule has 0 fully saturated rings. The Morgan fingerprint density at radius 3 is 2.67 bits per heavy atom. The van der Waals surface area contributed by atoms with Crippen molar-refractivity contribution in [2.75, 3.05) is 18.9 Å². The number of nitrogens with one attached hydrogen (secondary N) is 1. The maximum Gasteiger partial charge on any atom is 0.230 e. The van der Waals surface area contributed by atoms with E-state index in [2.05, 4.69) is 36.5 Å². The van der Waals surface area contributed by atoms with Crippen LogP contribution in [0.3, 0.4) is 0 Å². The van der Waals surface area contributed by atoms with Gasteiger partial charge in [-0.2, -0.15) is 0 Å². The number of aryl methyl sites for hydroxylation is 1. The van der Waals surface area contributed by atoms with E-state index in [9.17, 15) is 4.79 Å². The summed E-state index contributed by atoms with van der Waals surface area (Å²) in [5.41, 5.74) is 2.49. The SMILES string of the molecule is Cc1ccc(CSCC(=O)NCC(C)CO)cc1. The summed E-state index contributed by atoms with van der Waals surface area (Å²) in [4.78, 5) is 11.5. The molecular weight excluding hydrogens is 246 g/mol. The second-order valence-corrected chi connectivity index (χ2v) is 5.56. The minimum atomic E-state index is 0.0346. The lowest BCUT2D eigenvalue weighted by atomic mass is 10.2. The van der Waals surface area contributed by atoms with E-state index in [1.165, 1.54) is 11.1 Å². The van der Waals surface area contributed by atoms with Gasteiger partial charge >= 0.3 is 0 Å². The molecule has 2 N–H and O–H groups in total. The van der Waals surface area contributed by atoms with E-state index >= 15 is 0 Å². The molecule has 0 bridgehead atoms. The average molecular weight is 267 g/mol. The third-order valence-electron chi connectivity index (χ3n) is 2.58. The largest absolute Gasteiger partial charge is 0.396 e. The molecule has 0 aromatic heterocycles. The Labute approximate surface area is 113 Å². The standard InChI is InChI=1S/C14H21NO2S/c1-11-3-5-13(6-4-11)9-18-10-14(17)15-7-12(2)8-16/h3-6,12,16H,7-10H2,1-2H3,(H,15,17). The van der Waals surface area contributed by atoms with E-state index in [0.29, 0.717) is 12.3 Å². The van der Waals surface area contributed by atoms with Crippen molar-refractivity contribution in [2.24, 2.45) is 5.92 Å². The molecule has 0 radical (unpaired) electrons.